The van der Waals surface area contributed by atoms with Gasteiger partial charge < -0.3 is 19.4 Å². The first-order valence-electron chi connectivity index (χ1n) is 8.00. The first-order valence-corrected chi connectivity index (χ1v) is 8.00. The number of non-ortho nitro benzene ring substituents is 1. The van der Waals surface area contributed by atoms with Crippen molar-refractivity contribution in [2.24, 2.45) is 0 Å². The molecule has 2 aromatic rings. The zero-order valence-corrected chi connectivity index (χ0v) is 13.8. The number of ether oxygens (including phenoxy) is 1. The molecular weight excluding hydrogens is 326 g/mol. The fourth-order valence-corrected chi connectivity index (χ4v) is 2.92. The van der Waals surface area contributed by atoms with Crippen molar-refractivity contribution in [2.75, 3.05) is 25.5 Å². The first kappa shape index (κ1) is 16.8. The summed E-state index contributed by atoms with van der Waals surface area (Å²) < 4.78 is 10.4. The maximum atomic E-state index is 12.3. The summed E-state index contributed by atoms with van der Waals surface area (Å²) in [5, 5.41) is 14.2. The van der Waals surface area contributed by atoms with E-state index in [0.29, 0.717) is 30.3 Å². The minimum atomic E-state index is -0.453. The maximum absolute atomic E-state index is 12.3. The average Bonchev–Trinajstić information content (AvgIpc) is 3.16. The molecule has 2 heterocycles. The predicted octanol–water partition coefficient (Wildman–Crippen LogP) is 2.91. The molecule has 132 valence electrons. The summed E-state index contributed by atoms with van der Waals surface area (Å²) in [6, 6.07) is 8.02. The lowest BCUT2D eigenvalue weighted by Crippen LogP contribution is -2.42. The van der Waals surface area contributed by atoms with E-state index in [0.717, 1.165) is 12.8 Å². The van der Waals surface area contributed by atoms with Crippen molar-refractivity contribution in [3.8, 4) is 5.75 Å². The Morgan fingerprint density at radius 1 is 1.36 bits per heavy atom. The molecule has 0 aliphatic carbocycles. The number of anilines is 1. The molecule has 0 radical (unpaired) electrons. The Morgan fingerprint density at radius 3 is 2.72 bits per heavy atom. The minimum absolute atomic E-state index is 0.0127. The summed E-state index contributed by atoms with van der Waals surface area (Å²) in [4.78, 5) is 24.4. The van der Waals surface area contributed by atoms with E-state index in [-0.39, 0.29) is 17.6 Å². The molecule has 1 aliphatic heterocycles. The highest BCUT2D eigenvalue weighted by Crippen LogP contribution is 2.30. The molecular formula is C17H19N3O5. The number of methoxy groups -OCH3 is 1. The highest BCUT2D eigenvalue weighted by Gasteiger charge is 2.25. The summed E-state index contributed by atoms with van der Waals surface area (Å²) in [6.45, 7) is 1.24. The number of likely N-dealkylation sites (tertiary alicyclic amines) is 1. The number of nitrogens with one attached hydrogen (secondary N) is 1. The van der Waals surface area contributed by atoms with Gasteiger partial charge >= 0.3 is 0 Å². The van der Waals surface area contributed by atoms with Gasteiger partial charge in [-0.25, -0.2) is 0 Å². The molecule has 1 fully saturated rings. The number of benzene rings is 1. The minimum Gasteiger partial charge on any atom is -0.494 e. The third-order valence-electron chi connectivity index (χ3n) is 4.27. The van der Waals surface area contributed by atoms with Crippen LogP contribution in [-0.4, -0.2) is 42.0 Å². The van der Waals surface area contributed by atoms with Gasteiger partial charge in [0.1, 0.15) is 5.75 Å². The van der Waals surface area contributed by atoms with Gasteiger partial charge in [-0.05, 0) is 31.0 Å². The van der Waals surface area contributed by atoms with Crippen LogP contribution in [0.3, 0.4) is 0 Å². The fraction of sp³-hybridized carbons (Fsp3) is 0.353. The topological polar surface area (TPSA) is 97.9 Å². The van der Waals surface area contributed by atoms with E-state index < -0.39 is 4.92 Å². The first-order chi connectivity index (χ1) is 12.1. The van der Waals surface area contributed by atoms with E-state index >= 15 is 0 Å². The van der Waals surface area contributed by atoms with Crippen LogP contribution in [0.2, 0.25) is 0 Å². The van der Waals surface area contributed by atoms with E-state index in [4.69, 9.17) is 9.15 Å². The third-order valence-corrected chi connectivity index (χ3v) is 4.27. The summed E-state index contributed by atoms with van der Waals surface area (Å²) in [6.07, 6.45) is 3.03. The van der Waals surface area contributed by atoms with Crippen LogP contribution in [0.25, 0.3) is 0 Å². The molecule has 1 aromatic carbocycles. The van der Waals surface area contributed by atoms with Gasteiger partial charge in [0.25, 0.3) is 11.6 Å². The van der Waals surface area contributed by atoms with E-state index in [1.165, 1.54) is 25.5 Å². The standard InChI is InChI=1S/C17H19N3O5/c1-24-16-11-13(20(22)23)4-5-14(16)18-12-6-8-19(9-7-12)17(21)15-3-2-10-25-15/h2-5,10-12,18H,6-9H2,1H3. The zero-order chi connectivity index (χ0) is 17.8. The number of amides is 1. The molecule has 3 rings (SSSR count). The van der Waals surface area contributed by atoms with Crippen LogP contribution in [0.1, 0.15) is 23.4 Å². The van der Waals surface area contributed by atoms with Crippen LogP contribution in [0.15, 0.2) is 41.0 Å². The number of nitro benzene ring substituents is 1. The lowest BCUT2D eigenvalue weighted by atomic mass is 10.0. The summed E-state index contributed by atoms with van der Waals surface area (Å²) in [7, 11) is 1.48. The zero-order valence-electron chi connectivity index (χ0n) is 13.8. The molecule has 8 heteroatoms. The Hall–Kier alpha value is -3.03. The van der Waals surface area contributed by atoms with Crippen molar-refractivity contribution >= 4 is 17.3 Å². The number of hydrogen-bond acceptors (Lipinski definition) is 6. The monoisotopic (exact) mass is 345 g/mol. The second kappa shape index (κ2) is 7.25. The van der Waals surface area contributed by atoms with Gasteiger partial charge in [-0.3, -0.25) is 14.9 Å². The molecule has 1 amide bonds. The van der Waals surface area contributed by atoms with Crippen molar-refractivity contribution < 1.29 is 18.9 Å². The van der Waals surface area contributed by atoms with E-state index in [9.17, 15) is 14.9 Å². The van der Waals surface area contributed by atoms with Gasteiger partial charge in [0.15, 0.2) is 5.76 Å². The average molecular weight is 345 g/mol. The van der Waals surface area contributed by atoms with Crippen LogP contribution >= 0.6 is 0 Å². The van der Waals surface area contributed by atoms with Crippen molar-refractivity contribution in [3.63, 3.8) is 0 Å². The van der Waals surface area contributed by atoms with Crippen molar-refractivity contribution in [1.82, 2.24) is 4.90 Å². The van der Waals surface area contributed by atoms with Gasteiger partial charge in [-0.15, -0.1) is 0 Å². The quantitative estimate of drug-likeness (QED) is 0.661. The van der Waals surface area contributed by atoms with Crippen LogP contribution in [0, 0.1) is 10.1 Å². The van der Waals surface area contributed by atoms with Crippen molar-refractivity contribution in [1.29, 1.82) is 0 Å². The van der Waals surface area contributed by atoms with Gasteiger partial charge in [-0.2, -0.15) is 0 Å². The lowest BCUT2D eigenvalue weighted by molar-refractivity contribution is -0.384. The van der Waals surface area contributed by atoms with E-state index in [2.05, 4.69) is 5.32 Å². The highest BCUT2D eigenvalue weighted by atomic mass is 16.6. The second-order valence-corrected chi connectivity index (χ2v) is 5.83. The summed E-state index contributed by atoms with van der Waals surface area (Å²) in [5.41, 5.74) is 0.699. The maximum Gasteiger partial charge on any atom is 0.289 e. The normalized spacial score (nSPS) is 15.0. The largest absolute Gasteiger partial charge is 0.494 e. The molecule has 1 aromatic heterocycles. The molecule has 1 aliphatic rings. The third kappa shape index (κ3) is 3.73. The Bertz CT molecular complexity index is 752. The number of carbonyl (C=O) groups is 1. The Morgan fingerprint density at radius 2 is 2.12 bits per heavy atom. The molecule has 0 atom stereocenters. The smallest absolute Gasteiger partial charge is 0.289 e. The molecule has 8 nitrogen and oxygen atoms in total. The van der Waals surface area contributed by atoms with Gasteiger partial charge in [0.05, 0.1) is 30.1 Å². The van der Waals surface area contributed by atoms with E-state index in [1.807, 2.05) is 0 Å². The van der Waals surface area contributed by atoms with Crippen LogP contribution < -0.4 is 10.1 Å². The van der Waals surface area contributed by atoms with Crippen molar-refractivity contribution in [2.45, 2.75) is 18.9 Å². The second-order valence-electron chi connectivity index (χ2n) is 5.83. The molecule has 1 N–H and O–H groups in total. The number of furan rings is 1. The highest BCUT2D eigenvalue weighted by molar-refractivity contribution is 5.91. The van der Waals surface area contributed by atoms with Crippen molar-refractivity contribution in [3.05, 3.63) is 52.5 Å². The summed E-state index contributed by atoms with van der Waals surface area (Å²) in [5.74, 6) is 0.683. The number of nitrogens with zero attached hydrogens (tertiary/aromatic N) is 2. The predicted molar refractivity (Wildman–Crippen MR) is 90.9 cm³/mol. The number of nitro groups is 1. The van der Waals surface area contributed by atoms with E-state index in [1.54, 1.807) is 23.1 Å². The lowest BCUT2D eigenvalue weighted by Gasteiger charge is -2.32. The van der Waals surface area contributed by atoms with Crippen LogP contribution in [0.4, 0.5) is 11.4 Å². The number of rotatable bonds is 5. The molecule has 0 spiro atoms. The number of carbonyl (C=O) groups excluding carboxylic acids is 1. The van der Waals surface area contributed by atoms with Gasteiger partial charge in [0.2, 0.25) is 0 Å². The number of piperidine rings is 1. The fourth-order valence-electron chi connectivity index (χ4n) is 2.92. The van der Waals surface area contributed by atoms with Crippen LogP contribution in [-0.2, 0) is 0 Å². The molecule has 1 saturated heterocycles. The molecule has 25 heavy (non-hydrogen) atoms. The van der Waals surface area contributed by atoms with Crippen LogP contribution in [0.5, 0.6) is 5.75 Å². The van der Waals surface area contributed by atoms with Gasteiger partial charge in [0, 0.05) is 25.2 Å². The summed E-state index contributed by atoms with van der Waals surface area (Å²) >= 11 is 0. The Balaban J connectivity index is 1.61. The molecule has 0 saturated carbocycles. The Labute approximate surface area is 144 Å². The Kier molecular flexibility index (Phi) is 4.87. The van der Waals surface area contributed by atoms with Gasteiger partial charge in [-0.1, -0.05) is 0 Å². The number of hydrogen-bond donors (Lipinski definition) is 1. The SMILES string of the molecule is COc1cc([N+](=O)[O-])ccc1NC1CCN(C(=O)c2ccco2)CC1. The molecule has 0 bridgehead atoms. The molecule has 0 unspecified atom stereocenters.